The quantitative estimate of drug-likeness (QED) is 0.650. The molecule has 2 atom stereocenters. The molecule has 1 N–H and O–H groups in total. The molecule has 27 heavy (non-hydrogen) atoms. The number of amides is 1. The summed E-state index contributed by atoms with van der Waals surface area (Å²) in [6.07, 6.45) is 5.32. The molecule has 2 fully saturated rings. The number of hydrogen-bond donors (Lipinski definition) is 1. The van der Waals surface area contributed by atoms with Gasteiger partial charge in [0.05, 0.1) is 27.8 Å². The van der Waals surface area contributed by atoms with E-state index in [0.717, 1.165) is 12.8 Å². The lowest BCUT2D eigenvalue weighted by Gasteiger charge is -2.23. The maximum Gasteiger partial charge on any atom is 0.311 e. The third kappa shape index (κ3) is 2.75. The number of nitrogens with zero attached hydrogens (tertiary/aromatic N) is 4. The van der Waals surface area contributed by atoms with E-state index in [1.165, 1.54) is 23.0 Å². The second-order valence-corrected chi connectivity index (χ2v) is 7.18. The van der Waals surface area contributed by atoms with Crippen LogP contribution in [0.5, 0.6) is 0 Å². The molecule has 0 unspecified atom stereocenters. The number of aliphatic carboxylic acids is 1. The van der Waals surface area contributed by atoms with Crippen molar-refractivity contribution in [1.29, 1.82) is 0 Å². The van der Waals surface area contributed by atoms with Gasteiger partial charge >= 0.3 is 5.97 Å². The van der Waals surface area contributed by atoms with Gasteiger partial charge in [0.1, 0.15) is 0 Å². The summed E-state index contributed by atoms with van der Waals surface area (Å²) in [6.45, 7) is 0.683. The Balaban J connectivity index is 1.53. The van der Waals surface area contributed by atoms with E-state index in [9.17, 15) is 24.8 Å². The number of hydrogen-bond acceptors (Lipinski definition) is 5. The molecule has 1 aliphatic carbocycles. The number of carboxylic acids is 1. The number of nitro benzene ring substituents is 1. The predicted octanol–water partition coefficient (Wildman–Crippen LogP) is 2.11. The molecule has 1 aromatic heterocycles. The first kappa shape index (κ1) is 17.2. The minimum atomic E-state index is -0.818. The van der Waals surface area contributed by atoms with Crippen molar-refractivity contribution in [3.8, 4) is 5.69 Å². The minimum Gasteiger partial charge on any atom is -0.481 e. The van der Waals surface area contributed by atoms with E-state index in [1.54, 1.807) is 23.2 Å². The molecule has 9 heteroatoms. The highest BCUT2D eigenvalue weighted by atomic mass is 16.6. The van der Waals surface area contributed by atoms with Crippen molar-refractivity contribution in [2.45, 2.75) is 19.3 Å². The van der Waals surface area contributed by atoms with E-state index >= 15 is 0 Å². The number of fused-ring (bicyclic) bond motifs is 1. The highest BCUT2D eigenvalue weighted by Crippen LogP contribution is 2.49. The number of non-ortho nitro benzene ring substituents is 1. The molecule has 2 aromatic rings. The summed E-state index contributed by atoms with van der Waals surface area (Å²) in [7, 11) is 0. The highest BCUT2D eigenvalue weighted by Gasteiger charge is 2.55. The number of carbonyl (C=O) groups excluding carboxylic acids is 1. The number of carboxylic acid groups (broad SMARTS) is 1. The van der Waals surface area contributed by atoms with Crippen LogP contribution in [0.15, 0.2) is 36.7 Å². The lowest BCUT2D eigenvalue weighted by Crippen LogP contribution is -2.37. The molecular weight excluding hydrogens is 352 g/mol. The van der Waals surface area contributed by atoms with Gasteiger partial charge in [-0.1, -0.05) is 6.42 Å². The molecule has 140 valence electrons. The van der Waals surface area contributed by atoms with E-state index in [-0.39, 0.29) is 24.1 Å². The van der Waals surface area contributed by atoms with Crippen LogP contribution in [0.25, 0.3) is 5.69 Å². The van der Waals surface area contributed by atoms with Crippen molar-refractivity contribution < 1.29 is 19.6 Å². The van der Waals surface area contributed by atoms with E-state index in [1.807, 2.05) is 0 Å². The van der Waals surface area contributed by atoms with E-state index in [4.69, 9.17) is 0 Å². The van der Waals surface area contributed by atoms with Crippen LogP contribution in [0.2, 0.25) is 0 Å². The summed E-state index contributed by atoms with van der Waals surface area (Å²) < 4.78 is 1.47. The molecule has 4 rings (SSSR count). The molecule has 1 saturated heterocycles. The number of benzene rings is 1. The molecule has 9 nitrogen and oxygen atoms in total. The zero-order chi connectivity index (χ0) is 19.2. The topological polar surface area (TPSA) is 119 Å². The first-order chi connectivity index (χ1) is 12.9. The Kier molecular flexibility index (Phi) is 3.94. The molecule has 0 bridgehead atoms. The van der Waals surface area contributed by atoms with Gasteiger partial charge < -0.3 is 10.0 Å². The Morgan fingerprint density at radius 1 is 1.30 bits per heavy atom. The molecule has 2 aliphatic rings. The zero-order valence-corrected chi connectivity index (χ0v) is 14.4. The summed E-state index contributed by atoms with van der Waals surface area (Å²) >= 11 is 0. The molecule has 0 spiro atoms. The van der Waals surface area contributed by atoms with E-state index in [0.29, 0.717) is 24.2 Å². The van der Waals surface area contributed by atoms with Gasteiger partial charge in [-0.15, -0.1) is 0 Å². The van der Waals surface area contributed by atoms with Crippen molar-refractivity contribution in [2.24, 2.45) is 11.3 Å². The number of carbonyl (C=O) groups is 2. The smallest absolute Gasteiger partial charge is 0.311 e. The van der Waals surface area contributed by atoms with Gasteiger partial charge in [-0.25, -0.2) is 4.68 Å². The zero-order valence-electron chi connectivity index (χ0n) is 14.4. The minimum absolute atomic E-state index is 0.00340. The molecule has 1 aromatic carbocycles. The Bertz CT molecular complexity index is 922. The average Bonchev–Trinajstić information content (AvgIpc) is 3.35. The Hall–Kier alpha value is -3.23. The fourth-order valence-corrected chi connectivity index (χ4v) is 4.28. The Morgan fingerprint density at radius 3 is 2.67 bits per heavy atom. The summed E-state index contributed by atoms with van der Waals surface area (Å²) in [5.41, 5.74) is 0.128. The van der Waals surface area contributed by atoms with Crippen molar-refractivity contribution in [3.05, 3.63) is 52.3 Å². The molecule has 0 radical (unpaired) electrons. The SMILES string of the molecule is O=C(c1cnn(-c2ccc([N+](=O)[O-])cc2)c1)N1C[C@@H]2CCC[C@@]2(C(=O)O)C1. The van der Waals surface area contributed by atoms with Gasteiger partial charge in [0.25, 0.3) is 11.6 Å². The molecule has 1 saturated carbocycles. The average molecular weight is 370 g/mol. The maximum atomic E-state index is 12.8. The van der Waals surface area contributed by atoms with Crippen LogP contribution in [0, 0.1) is 21.4 Å². The summed E-state index contributed by atoms with van der Waals surface area (Å²) in [5.74, 6) is -1.05. The third-order valence-corrected chi connectivity index (χ3v) is 5.74. The van der Waals surface area contributed by atoms with E-state index < -0.39 is 16.3 Å². The van der Waals surface area contributed by atoms with Crippen molar-refractivity contribution in [2.75, 3.05) is 13.1 Å². The van der Waals surface area contributed by atoms with Crippen molar-refractivity contribution in [1.82, 2.24) is 14.7 Å². The molecule has 1 aliphatic heterocycles. The third-order valence-electron chi connectivity index (χ3n) is 5.74. The van der Waals surface area contributed by atoms with Crippen LogP contribution in [0.3, 0.4) is 0 Å². The molecular formula is C18H18N4O5. The fraction of sp³-hybridized carbons (Fsp3) is 0.389. The van der Waals surface area contributed by atoms with Crippen molar-refractivity contribution >= 4 is 17.6 Å². The van der Waals surface area contributed by atoms with Gasteiger partial charge in [-0.3, -0.25) is 19.7 Å². The van der Waals surface area contributed by atoms with Gasteiger partial charge in [0.2, 0.25) is 0 Å². The van der Waals surface area contributed by atoms with Gasteiger partial charge in [-0.2, -0.15) is 5.10 Å². The van der Waals surface area contributed by atoms with Gasteiger partial charge in [0, 0.05) is 31.4 Å². The van der Waals surface area contributed by atoms with Crippen LogP contribution in [0.1, 0.15) is 29.6 Å². The fourth-order valence-electron chi connectivity index (χ4n) is 4.28. The molecule has 1 amide bonds. The first-order valence-electron chi connectivity index (χ1n) is 8.73. The lowest BCUT2D eigenvalue weighted by molar-refractivity contribution is -0.384. The van der Waals surface area contributed by atoms with E-state index in [2.05, 4.69) is 5.10 Å². The maximum absolute atomic E-state index is 12.8. The Morgan fingerprint density at radius 2 is 2.04 bits per heavy atom. The van der Waals surface area contributed by atoms with Gasteiger partial charge in [0.15, 0.2) is 0 Å². The highest BCUT2D eigenvalue weighted by molar-refractivity contribution is 5.94. The van der Waals surface area contributed by atoms with Gasteiger partial charge in [-0.05, 0) is 30.9 Å². The predicted molar refractivity (Wildman–Crippen MR) is 93.5 cm³/mol. The molecule has 2 heterocycles. The van der Waals surface area contributed by atoms with Crippen LogP contribution in [0.4, 0.5) is 5.69 Å². The Labute approximate surface area is 154 Å². The summed E-state index contributed by atoms with van der Waals surface area (Å²) in [6, 6.07) is 5.85. The second-order valence-electron chi connectivity index (χ2n) is 7.18. The normalized spacial score (nSPS) is 24.0. The number of rotatable bonds is 4. The lowest BCUT2D eigenvalue weighted by atomic mass is 9.81. The van der Waals surface area contributed by atoms with Crippen LogP contribution < -0.4 is 0 Å². The first-order valence-corrected chi connectivity index (χ1v) is 8.73. The summed E-state index contributed by atoms with van der Waals surface area (Å²) in [4.78, 5) is 36.5. The second kappa shape index (κ2) is 6.19. The van der Waals surface area contributed by atoms with Crippen LogP contribution >= 0.6 is 0 Å². The van der Waals surface area contributed by atoms with Crippen LogP contribution in [-0.2, 0) is 4.79 Å². The number of likely N-dealkylation sites (tertiary alicyclic amines) is 1. The monoisotopic (exact) mass is 370 g/mol. The number of aromatic nitrogens is 2. The summed E-state index contributed by atoms with van der Waals surface area (Å²) in [5, 5.41) is 24.6. The standard InChI is InChI=1S/C18H18N4O5/c23-16(20-10-13-2-1-7-18(13,11-20)17(24)25)12-8-19-21(9-12)14-3-5-15(6-4-14)22(26)27/h3-6,8-9,13H,1-2,7,10-11H2,(H,24,25)/t13-,18+/m0/s1. The largest absolute Gasteiger partial charge is 0.481 e. The van der Waals surface area contributed by atoms with Crippen molar-refractivity contribution in [3.63, 3.8) is 0 Å². The number of nitro groups is 1. The van der Waals surface area contributed by atoms with Crippen LogP contribution in [-0.4, -0.2) is 49.7 Å².